The maximum atomic E-state index is 13.8. The topological polar surface area (TPSA) is 35.8 Å². The van der Waals surface area contributed by atoms with E-state index in [1.807, 2.05) is 6.07 Å². The smallest absolute Gasteiger partial charge is 0.145 e. The Morgan fingerprint density at radius 2 is 2.00 bits per heavy atom. The lowest BCUT2D eigenvalue weighted by Crippen LogP contribution is -2.32. The Labute approximate surface area is 109 Å². The number of nitrogens with one attached hydrogen (secondary N) is 1. The highest BCUT2D eigenvalue weighted by Crippen LogP contribution is 2.15. The first-order valence-electron chi connectivity index (χ1n) is 6.54. The van der Waals surface area contributed by atoms with Crippen LogP contribution in [0, 0.1) is 23.1 Å². The molecule has 1 aromatic carbocycles. The third-order valence-electron chi connectivity index (χ3n) is 3.57. The Bertz CT molecular complexity index is 419. The molecule has 1 aromatic rings. The molecule has 1 N–H and O–H groups in total. The highest BCUT2D eigenvalue weighted by atomic mass is 19.1. The van der Waals surface area contributed by atoms with Crippen LogP contribution in [0.5, 0.6) is 0 Å². The molecule has 0 spiro atoms. The third-order valence-corrected chi connectivity index (χ3v) is 3.57. The van der Waals surface area contributed by atoms with E-state index in [2.05, 4.69) is 26.1 Å². The fourth-order valence-electron chi connectivity index (χ4n) is 2.24. The molecule has 0 aliphatic rings. The van der Waals surface area contributed by atoms with Gasteiger partial charge in [-0.05, 0) is 18.9 Å². The van der Waals surface area contributed by atoms with Crippen molar-refractivity contribution in [2.75, 3.05) is 0 Å². The minimum atomic E-state index is -0.399. The molecule has 0 bridgehead atoms. The summed E-state index contributed by atoms with van der Waals surface area (Å²) in [4.78, 5) is 0. The zero-order valence-electron chi connectivity index (χ0n) is 11.3. The summed E-state index contributed by atoms with van der Waals surface area (Å²) in [6, 6.07) is 7.17. The summed E-state index contributed by atoms with van der Waals surface area (Å²) in [5.74, 6) is 0.205. The summed E-state index contributed by atoms with van der Waals surface area (Å²) in [5, 5.41) is 12.1. The number of benzene rings is 1. The molecule has 0 radical (unpaired) electrons. The van der Waals surface area contributed by atoms with Crippen LogP contribution in [0.2, 0.25) is 0 Å². The van der Waals surface area contributed by atoms with Crippen molar-refractivity contribution in [3.63, 3.8) is 0 Å². The summed E-state index contributed by atoms with van der Waals surface area (Å²) < 4.78 is 13.8. The highest BCUT2D eigenvalue weighted by Gasteiger charge is 2.14. The first kappa shape index (κ1) is 14.7. The second-order valence-electron chi connectivity index (χ2n) is 4.64. The lowest BCUT2D eigenvalue weighted by atomic mass is 9.95. The Balaban J connectivity index is 2.67. The van der Waals surface area contributed by atoms with Gasteiger partial charge in [-0.15, -0.1) is 0 Å². The zero-order valence-corrected chi connectivity index (χ0v) is 11.3. The Kier molecular flexibility index (Phi) is 5.80. The quantitative estimate of drug-likeness (QED) is 0.834. The number of nitriles is 1. The monoisotopic (exact) mass is 248 g/mol. The largest absolute Gasteiger partial charge is 0.310 e. The molecule has 1 unspecified atom stereocenters. The normalized spacial score (nSPS) is 12.4. The molecule has 0 aliphatic carbocycles. The molecule has 1 rings (SSSR count). The predicted molar refractivity (Wildman–Crippen MR) is 71.5 cm³/mol. The summed E-state index contributed by atoms with van der Waals surface area (Å²) in [7, 11) is 0. The van der Waals surface area contributed by atoms with E-state index >= 15 is 0 Å². The van der Waals surface area contributed by atoms with Crippen LogP contribution >= 0.6 is 0 Å². The van der Waals surface area contributed by atoms with E-state index in [0.29, 0.717) is 24.1 Å². The van der Waals surface area contributed by atoms with Crippen LogP contribution in [-0.4, -0.2) is 6.04 Å². The fraction of sp³-hybridized carbons (Fsp3) is 0.533. The second-order valence-corrected chi connectivity index (χ2v) is 4.64. The van der Waals surface area contributed by atoms with Crippen LogP contribution in [-0.2, 0) is 6.54 Å². The van der Waals surface area contributed by atoms with Crippen LogP contribution in [0.25, 0.3) is 0 Å². The average molecular weight is 248 g/mol. The first-order chi connectivity index (χ1) is 8.63. The summed E-state index contributed by atoms with van der Waals surface area (Å²) in [6.07, 6.45) is 2.23. The van der Waals surface area contributed by atoms with Gasteiger partial charge in [0.05, 0.1) is 5.56 Å². The predicted octanol–water partition coefficient (Wildman–Crippen LogP) is 3.61. The molecule has 0 saturated heterocycles. The highest BCUT2D eigenvalue weighted by molar-refractivity contribution is 5.34. The van der Waals surface area contributed by atoms with Gasteiger partial charge >= 0.3 is 0 Å². The molecular formula is C15H21FN2. The van der Waals surface area contributed by atoms with E-state index in [-0.39, 0.29) is 5.56 Å². The van der Waals surface area contributed by atoms with Gasteiger partial charge in [0.25, 0.3) is 0 Å². The van der Waals surface area contributed by atoms with Crippen molar-refractivity contribution >= 4 is 0 Å². The van der Waals surface area contributed by atoms with Crippen LogP contribution in [0.3, 0.4) is 0 Å². The van der Waals surface area contributed by atoms with Crippen LogP contribution in [0.1, 0.15) is 44.7 Å². The van der Waals surface area contributed by atoms with Gasteiger partial charge in [0.1, 0.15) is 11.9 Å². The summed E-state index contributed by atoms with van der Waals surface area (Å²) in [6.45, 7) is 6.94. The van der Waals surface area contributed by atoms with Crippen molar-refractivity contribution in [1.29, 1.82) is 5.26 Å². The van der Waals surface area contributed by atoms with Crippen LogP contribution in [0.15, 0.2) is 18.2 Å². The van der Waals surface area contributed by atoms with E-state index in [0.717, 1.165) is 12.8 Å². The van der Waals surface area contributed by atoms with Crippen LogP contribution < -0.4 is 5.32 Å². The van der Waals surface area contributed by atoms with E-state index in [4.69, 9.17) is 5.26 Å². The number of rotatable bonds is 6. The molecular weight excluding hydrogens is 227 g/mol. The molecule has 0 aliphatic heterocycles. The Morgan fingerprint density at radius 1 is 1.33 bits per heavy atom. The molecule has 0 saturated carbocycles. The molecule has 3 heteroatoms. The van der Waals surface area contributed by atoms with E-state index in [1.54, 1.807) is 12.1 Å². The fourth-order valence-corrected chi connectivity index (χ4v) is 2.24. The molecule has 0 aromatic heterocycles. The third kappa shape index (κ3) is 3.54. The zero-order chi connectivity index (χ0) is 13.5. The van der Waals surface area contributed by atoms with Gasteiger partial charge in [-0.1, -0.05) is 38.8 Å². The van der Waals surface area contributed by atoms with Gasteiger partial charge in [-0.3, -0.25) is 0 Å². The number of nitrogens with zero attached hydrogens (tertiary/aromatic N) is 1. The Hall–Kier alpha value is -1.40. The van der Waals surface area contributed by atoms with E-state index in [1.165, 1.54) is 6.07 Å². The molecule has 0 heterocycles. The lowest BCUT2D eigenvalue weighted by molar-refractivity contribution is 0.351. The molecule has 2 nitrogen and oxygen atoms in total. The van der Waals surface area contributed by atoms with Gasteiger partial charge in [0.15, 0.2) is 0 Å². The van der Waals surface area contributed by atoms with Gasteiger partial charge in [-0.25, -0.2) is 4.39 Å². The van der Waals surface area contributed by atoms with Gasteiger partial charge < -0.3 is 5.32 Å². The minimum absolute atomic E-state index is 0.115. The van der Waals surface area contributed by atoms with Crippen LogP contribution in [0.4, 0.5) is 4.39 Å². The molecule has 1 atom stereocenters. The number of halogens is 1. The SMILES string of the molecule is CCC(CC)C(C)NCc1cccc(C#N)c1F. The van der Waals surface area contributed by atoms with Crippen molar-refractivity contribution in [2.45, 2.75) is 46.2 Å². The molecule has 0 fully saturated rings. The van der Waals surface area contributed by atoms with Crippen molar-refractivity contribution in [3.05, 3.63) is 35.1 Å². The summed E-state index contributed by atoms with van der Waals surface area (Å²) >= 11 is 0. The molecule has 0 amide bonds. The van der Waals surface area contributed by atoms with Gasteiger partial charge in [0.2, 0.25) is 0 Å². The van der Waals surface area contributed by atoms with Gasteiger partial charge in [0, 0.05) is 18.2 Å². The van der Waals surface area contributed by atoms with E-state index in [9.17, 15) is 4.39 Å². The van der Waals surface area contributed by atoms with Crippen molar-refractivity contribution in [3.8, 4) is 6.07 Å². The maximum Gasteiger partial charge on any atom is 0.145 e. The lowest BCUT2D eigenvalue weighted by Gasteiger charge is -2.22. The standard InChI is InChI=1S/C15H21FN2/c1-4-12(5-2)11(3)18-10-14-8-6-7-13(9-17)15(14)16/h6-8,11-12,18H,4-5,10H2,1-3H3. The van der Waals surface area contributed by atoms with Crippen molar-refractivity contribution < 1.29 is 4.39 Å². The first-order valence-corrected chi connectivity index (χ1v) is 6.54. The molecule has 98 valence electrons. The average Bonchev–Trinajstić information content (AvgIpc) is 2.39. The van der Waals surface area contributed by atoms with Crippen molar-refractivity contribution in [2.24, 2.45) is 5.92 Å². The second kappa shape index (κ2) is 7.13. The molecule has 18 heavy (non-hydrogen) atoms. The summed E-state index contributed by atoms with van der Waals surface area (Å²) in [5.41, 5.74) is 0.677. The Morgan fingerprint density at radius 3 is 2.56 bits per heavy atom. The van der Waals surface area contributed by atoms with Gasteiger partial charge in [-0.2, -0.15) is 5.26 Å². The maximum absolute atomic E-state index is 13.8. The minimum Gasteiger partial charge on any atom is -0.310 e. The van der Waals surface area contributed by atoms with Crippen molar-refractivity contribution in [1.82, 2.24) is 5.32 Å². The number of hydrogen-bond acceptors (Lipinski definition) is 2. The van der Waals surface area contributed by atoms with E-state index < -0.39 is 5.82 Å². The number of hydrogen-bond donors (Lipinski definition) is 1.